The highest BCUT2D eigenvalue weighted by Crippen LogP contribution is 2.26. The van der Waals surface area contributed by atoms with Gasteiger partial charge >= 0.3 is 0 Å². The van der Waals surface area contributed by atoms with Crippen molar-refractivity contribution in [1.29, 1.82) is 10.8 Å². The zero-order chi connectivity index (χ0) is 13.5. The average molecular weight is 263 g/mol. The van der Waals surface area contributed by atoms with Crippen LogP contribution in [0.25, 0.3) is 10.1 Å². The monoisotopic (exact) mass is 263 g/mol. The highest BCUT2D eigenvalue weighted by Gasteiger charge is 2.11. The van der Waals surface area contributed by atoms with Gasteiger partial charge in [-0.15, -0.1) is 11.3 Å². The summed E-state index contributed by atoms with van der Waals surface area (Å²) in [5.41, 5.74) is 5.95. The zero-order valence-corrected chi connectivity index (χ0v) is 11.3. The van der Waals surface area contributed by atoms with E-state index >= 15 is 0 Å². The molecule has 18 heavy (non-hydrogen) atoms. The van der Waals surface area contributed by atoms with Gasteiger partial charge in [-0.2, -0.15) is 0 Å². The number of ether oxygens (including phenoxy) is 1. The van der Waals surface area contributed by atoms with Crippen LogP contribution in [0.2, 0.25) is 0 Å². The molecule has 0 amide bonds. The summed E-state index contributed by atoms with van der Waals surface area (Å²) in [5, 5.41) is 17.9. The second-order valence-corrected chi connectivity index (χ2v) is 4.12. The van der Waals surface area contributed by atoms with Crippen LogP contribution in [0.3, 0.4) is 0 Å². The highest BCUT2D eigenvalue weighted by molar-refractivity contribution is 7.17. The summed E-state index contributed by atoms with van der Waals surface area (Å²) in [6, 6.07) is 7.80. The Morgan fingerprint density at radius 1 is 1.28 bits per heavy atom. The van der Waals surface area contributed by atoms with Crippen LogP contribution in [-0.4, -0.2) is 18.3 Å². The Labute approximate surface area is 110 Å². The number of hydrogen-bond donors (Lipinski definition) is 3. The van der Waals surface area contributed by atoms with Gasteiger partial charge in [0.25, 0.3) is 0 Å². The lowest BCUT2D eigenvalue weighted by Gasteiger charge is -2.04. The smallest absolute Gasteiger partial charge is 0.222 e. The number of benzene rings is 1. The molecule has 1 heterocycles. The predicted molar refractivity (Wildman–Crippen MR) is 77.9 cm³/mol. The van der Waals surface area contributed by atoms with Crippen LogP contribution >= 0.6 is 11.3 Å². The van der Waals surface area contributed by atoms with E-state index in [0.29, 0.717) is 5.56 Å². The Bertz CT molecular complexity index is 548. The molecule has 4 nitrogen and oxygen atoms in total. The lowest BCUT2D eigenvalue weighted by Crippen LogP contribution is -2.19. The van der Waals surface area contributed by atoms with Gasteiger partial charge < -0.3 is 10.5 Å². The molecule has 2 rings (SSSR count). The molecule has 2 aromatic rings. The van der Waals surface area contributed by atoms with E-state index in [-0.39, 0.29) is 18.3 Å². The molecule has 0 spiro atoms. The summed E-state index contributed by atoms with van der Waals surface area (Å²) < 4.78 is 6.10. The summed E-state index contributed by atoms with van der Waals surface area (Å²) >= 11 is 1.55. The molecule has 0 fully saturated rings. The van der Waals surface area contributed by atoms with Gasteiger partial charge in [-0.1, -0.05) is 32.0 Å². The first kappa shape index (κ1) is 14.3. The molecule has 0 saturated carbocycles. The maximum Gasteiger partial charge on any atom is 0.222 e. The minimum absolute atomic E-state index is 0.00441. The second-order valence-electron chi connectivity index (χ2n) is 3.20. The van der Waals surface area contributed by atoms with Crippen molar-refractivity contribution in [2.24, 2.45) is 5.73 Å². The molecule has 0 aliphatic carbocycles. The molecule has 0 saturated heterocycles. The Kier molecular flexibility index (Phi) is 5.48. The standard InChI is InChI=1S/C11H11N3OS.C2H6/c12-5-10(13)15-11(14)8-6-16-9-4-2-1-3-7(8)9;1-2/h1-4,6,13-14H,5,12H2;1-2H3. The third-order valence-corrected chi connectivity index (χ3v) is 3.10. The number of nitrogens with two attached hydrogens (primary N) is 1. The van der Waals surface area contributed by atoms with Crippen molar-refractivity contribution in [1.82, 2.24) is 0 Å². The van der Waals surface area contributed by atoms with Crippen molar-refractivity contribution in [3.05, 3.63) is 35.2 Å². The molecule has 1 aromatic heterocycles. The van der Waals surface area contributed by atoms with Gasteiger partial charge in [-0.25, -0.2) is 0 Å². The van der Waals surface area contributed by atoms with Crippen molar-refractivity contribution < 1.29 is 4.74 Å². The van der Waals surface area contributed by atoms with Gasteiger partial charge in [-0.05, 0) is 6.07 Å². The molecule has 4 N–H and O–H groups in total. The number of hydrogen-bond acceptors (Lipinski definition) is 5. The van der Waals surface area contributed by atoms with Gasteiger partial charge in [0.15, 0.2) is 0 Å². The van der Waals surface area contributed by atoms with Crippen LogP contribution in [0.1, 0.15) is 19.4 Å². The first-order valence-electron chi connectivity index (χ1n) is 5.73. The van der Waals surface area contributed by atoms with Crippen LogP contribution in [-0.2, 0) is 4.74 Å². The summed E-state index contributed by atoms with van der Waals surface area (Å²) in [7, 11) is 0. The normalized spacial score (nSPS) is 9.50. The molecule has 96 valence electrons. The molecular weight excluding hydrogens is 246 g/mol. The Hall–Kier alpha value is -1.72. The first-order chi connectivity index (χ1) is 8.72. The molecule has 0 unspecified atom stereocenters. The molecule has 0 radical (unpaired) electrons. The quantitative estimate of drug-likeness (QED) is 0.574. The van der Waals surface area contributed by atoms with Crippen LogP contribution in [0, 0.1) is 10.8 Å². The lowest BCUT2D eigenvalue weighted by atomic mass is 10.2. The van der Waals surface area contributed by atoms with E-state index in [4.69, 9.17) is 21.3 Å². The van der Waals surface area contributed by atoms with E-state index in [0.717, 1.165) is 10.1 Å². The van der Waals surface area contributed by atoms with Crippen LogP contribution in [0.4, 0.5) is 0 Å². The van der Waals surface area contributed by atoms with Crippen molar-refractivity contribution in [2.45, 2.75) is 13.8 Å². The SMILES string of the molecule is CC.N=C(CN)OC(=N)c1csc2ccccc12. The number of fused-ring (bicyclic) bond motifs is 1. The fourth-order valence-corrected chi connectivity index (χ4v) is 2.31. The molecule has 0 atom stereocenters. The fourth-order valence-electron chi connectivity index (χ4n) is 1.37. The highest BCUT2D eigenvalue weighted by atomic mass is 32.1. The Morgan fingerprint density at radius 3 is 2.61 bits per heavy atom. The molecule has 0 aliphatic heterocycles. The average Bonchev–Trinajstić information content (AvgIpc) is 2.84. The fraction of sp³-hybridized carbons (Fsp3) is 0.231. The second kappa shape index (κ2) is 6.88. The van der Waals surface area contributed by atoms with E-state index in [2.05, 4.69) is 0 Å². The maximum absolute atomic E-state index is 7.75. The van der Waals surface area contributed by atoms with Gasteiger partial charge in [0.2, 0.25) is 11.8 Å². The van der Waals surface area contributed by atoms with Crippen molar-refractivity contribution >= 4 is 33.2 Å². The van der Waals surface area contributed by atoms with E-state index in [1.54, 1.807) is 11.3 Å². The number of nitrogens with one attached hydrogen (secondary N) is 2. The van der Waals surface area contributed by atoms with Crippen LogP contribution in [0.15, 0.2) is 29.6 Å². The van der Waals surface area contributed by atoms with Crippen LogP contribution in [0.5, 0.6) is 0 Å². The largest absolute Gasteiger partial charge is 0.424 e. The molecule has 0 bridgehead atoms. The first-order valence-corrected chi connectivity index (χ1v) is 6.61. The van der Waals surface area contributed by atoms with Gasteiger partial charge in [0.1, 0.15) is 0 Å². The topological polar surface area (TPSA) is 83.0 Å². The van der Waals surface area contributed by atoms with E-state index in [9.17, 15) is 0 Å². The minimum atomic E-state index is -0.0970. The van der Waals surface area contributed by atoms with Gasteiger partial charge in [0, 0.05) is 15.5 Å². The Balaban J connectivity index is 0.000000771. The maximum atomic E-state index is 7.75. The van der Waals surface area contributed by atoms with E-state index in [1.807, 2.05) is 43.5 Å². The van der Waals surface area contributed by atoms with Crippen molar-refractivity contribution in [3.8, 4) is 0 Å². The summed E-state index contributed by atoms with van der Waals surface area (Å²) in [4.78, 5) is 0. The number of thiophene rings is 1. The van der Waals surface area contributed by atoms with Gasteiger partial charge in [-0.3, -0.25) is 10.8 Å². The Morgan fingerprint density at radius 2 is 1.94 bits per heavy atom. The summed E-state index contributed by atoms with van der Waals surface area (Å²) in [6.45, 7) is 4.00. The summed E-state index contributed by atoms with van der Waals surface area (Å²) in [6.07, 6.45) is 0. The van der Waals surface area contributed by atoms with E-state index in [1.165, 1.54) is 0 Å². The minimum Gasteiger partial charge on any atom is -0.424 e. The van der Waals surface area contributed by atoms with Crippen molar-refractivity contribution in [2.75, 3.05) is 6.54 Å². The van der Waals surface area contributed by atoms with Gasteiger partial charge in [0.05, 0.1) is 12.1 Å². The molecule has 5 heteroatoms. The lowest BCUT2D eigenvalue weighted by molar-refractivity contribution is 0.526. The van der Waals surface area contributed by atoms with Crippen molar-refractivity contribution in [3.63, 3.8) is 0 Å². The predicted octanol–water partition coefficient (Wildman–Crippen LogP) is 3.21. The summed E-state index contributed by atoms with van der Waals surface area (Å²) in [5.74, 6) is -0.117. The van der Waals surface area contributed by atoms with E-state index < -0.39 is 0 Å². The zero-order valence-electron chi connectivity index (χ0n) is 10.5. The molecule has 0 aliphatic rings. The molecular formula is C13H17N3OS. The molecule has 1 aromatic carbocycles. The third kappa shape index (κ3) is 3.15. The third-order valence-electron chi connectivity index (χ3n) is 2.14. The van der Waals surface area contributed by atoms with Crippen LogP contribution < -0.4 is 5.73 Å². The number of rotatable bonds is 2.